The Labute approximate surface area is 121 Å². The fourth-order valence-electron chi connectivity index (χ4n) is 1.67. The number of halogens is 4. The second kappa shape index (κ2) is 6.36. The van der Waals surface area contributed by atoms with Gasteiger partial charge in [-0.3, -0.25) is 4.57 Å². The van der Waals surface area contributed by atoms with Crippen LogP contribution in [0.2, 0.25) is 0 Å². The van der Waals surface area contributed by atoms with Crippen molar-refractivity contribution in [1.82, 2.24) is 14.8 Å². The number of benzene rings is 1. The van der Waals surface area contributed by atoms with E-state index in [-0.39, 0.29) is 6.61 Å². The van der Waals surface area contributed by atoms with Gasteiger partial charge in [-0.1, -0.05) is 34.1 Å². The van der Waals surface area contributed by atoms with E-state index in [1.165, 1.54) is 0 Å². The molecular formula is C12H11BrF3N3O. The Morgan fingerprint density at radius 2 is 1.75 bits per heavy atom. The average molecular weight is 350 g/mol. The van der Waals surface area contributed by atoms with Crippen molar-refractivity contribution in [1.29, 1.82) is 0 Å². The molecule has 2 rings (SSSR count). The molecule has 0 atom stereocenters. The number of para-hydroxylation sites is 1. The van der Waals surface area contributed by atoms with E-state index in [1.807, 2.05) is 30.3 Å². The van der Waals surface area contributed by atoms with Gasteiger partial charge >= 0.3 is 6.18 Å². The van der Waals surface area contributed by atoms with Crippen LogP contribution in [-0.4, -0.2) is 27.5 Å². The lowest BCUT2D eigenvalue weighted by atomic mass is 10.3. The lowest BCUT2D eigenvalue weighted by Crippen LogP contribution is -2.17. The molecule has 108 valence electrons. The summed E-state index contributed by atoms with van der Waals surface area (Å²) < 4.78 is 42.5. The number of alkyl halides is 4. The van der Waals surface area contributed by atoms with E-state index in [0.29, 0.717) is 17.0 Å². The molecule has 0 spiro atoms. The number of ether oxygens (including phenoxy) is 1. The predicted octanol–water partition coefficient (Wildman–Crippen LogP) is 3.24. The van der Waals surface area contributed by atoms with Crippen LogP contribution >= 0.6 is 15.9 Å². The summed E-state index contributed by atoms with van der Waals surface area (Å²) in [5.74, 6) is 0.928. The van der Waals surface area contributed by atoms with Gasteiger partial charge in [0.2, 0.25) is 0 Å². The normalized spacial score (nSPS) is 11.8. The summed E-state index contributed by atoms with van der Waals surface area (Å²) in [6.45, 7) is -1.56. The molecule has 0 saturated heterocycles. The van der Waals surface area contributed by atoms with E-state index in [4.69, 9.17) is 0 Å². The van der Waals surface area contributed by atoms with Gasteiger partial charge in [-0.05, 0) is 12.1 Å². The standard InChI is InChI=1S/C12H11BrF3N3O/c13-6-10-17-18-11(7-20-8-12(14,15)16)19(10)9-4-2-1-3-5-9/h1-5H,6-8H2. The summed E-state index contributed by atoms with van der Waals surface area (Å²) in [5, 5.41) is 8.24. The summed E-state index contributed by atoms with van der Waals surface area (Å²) in [4.78, 5) is 0. The molecule has 1 aromatic carbocycles. The molecule has 1 aromatic heterocycles. The summed E-state index contributed by atoms with van der Waals surface area (Å²) in [7, 11) is 0. The maximum absolute atomic E-state index is 12.1. The monoisotopic (exact) mass is 349 g/mol. The van der Waals surface area contributed by atoms with Gasteiger partial charge < -0.3 is 4.74 Å². The van der Waals surface area contributed by atoms with Crippen LogP contribution in [0.1, 0.15) is 11.6 Å². The third-order valence-corrected chi connectivity index (χ3v) is 2.93. The molecule has 0 radical (unpaired) electrons. The third-order valence-electron chi connectivity index (χ3n) is 2.43. The highest BCUT2D eigenvalue weighted by molar-refractivity contribution is 9.08. The first-order valence-electron chi connectivity index (χ1n) is 5.70. The minimum Gasteiger partial charge on any atom is -0.364 e. The number of nitrogens with zero attached hydrogens (tertiary/aromatic N) is 3. The smallest absolute Gasteiger partial charge is 0.364 e. The van der Waals surface area contributed by atoms with Gasteiger partial charge in [-0.15, -0.1) is 10.2 Å². The van der Waals surface area contributed by atoms with Crippen molar-refractivity contribution >= 4 is 15.9 Å². The van der Waals surface area contributed by atoms with Crippen molar-refractivity contribution < 1.29 is 17.9 Å². The lowest BCUT2D eigenvalue weighted by Gasteiger charge is -2.10. The number of rotatable bonds is 5. The van der Waals surface area contributed by atoms with Crippen LogP contribution in [0.25, 0.3) is 5.69 Å². The highest BCUT2D eigenvalue weighted by Gasteiger charge is 2.28. The van der Waals surface area contributed by atoms with Crippen LogP contribution in [0, 0.1) is 0 Å². The Balaban J connectivity index is 2.20. The number of hydrogen-bond donors (Lipinski definition) is 0. The Kier molecular flexibility index (Phi) is 4.77. The minimum atomic E-state index is -4.35. The average Bonchev–Trinajstić information content (AvgIpc) is 2.81. The van der Waals surface area contributed by atoms with Crippen molar-refractivity contribution in [3.63, 3.8) is 0 Å². The van der Waals surface area contributed by atoms with Crippen LogP contribution in [0.5, 0.6) is 0 Å². The first-order valence-corrected chi connectivity index (χ1v) is 6.82. The first kappa shape index (κ1) is 15.0. The van der Waals surface area contributed by atoms with Gasteiger partial charge in [0.25, 0.3) is 0 Å². The van der Waals surface area contributed by atoms with Gasteiger partial charge in [0, 0.05) is 5.69 Å². The molecule has 0 saturated carbocycles. The largest absolute Gasteiger partial charge is 0.411 e. The molecule has 0 N–H and O–H groups in total. The Morgan fingerprint density at radius 1 is 1.10 bits per heavy atom. The fourth-order valence-corrected chi connectivity index (χ4v) is 2.03. The Hall–Kier alpha value is -1.41. The Morgan fingerprint density at radius 3 is 2.35 bits per heavy atom. The van der Waals surface area contributed by atoms with Gasteiger partial charge in [0.1, 0.15) is 19.0 Å². The van der Waals surface area contributed by atoms with Gasteiger partial charge in [0.15, 0.2) is 5.82 Å². The van der Waals surface area contributed by atoms with E-state index < -0.39 is 12.8 Å². The zero-order chi connectivity index (χ0) is 14.6. The van der Waals surface area contributed by atoms with Crippen molar-refractivity contribution in [3.05, 3.63) is 42.0 Å². The third kappa shape index (κ3) is 3.80. The van der Waals surface area contributed by atoms with E-state index in [9.17, 15) is 13.2 Å². The molecule has 0 bridgehead atoms. The van der Waals surface area contributed by atoms with Crippen LogP contribution in [0.3, 0.4) is 0 Å². The summed E-state index contributed by atoms with van der Waals surface area (Å²) in [6.07, 6.45) is -4.35. The van der Waals surface area contributed by atoms with Crippen molar-refractivity contribution in [2.75, 3.05) is 6.61 Å². The molecule has 0 fully saturated rings. The fraction of sp³-hybridized carbons (Fsp3) is 0.333. The molecule has 0 unspecified atom stereocenters. The second-order valence-corrected chi connectivity index (χ2v) is 4.51. The quantitative estimate of drug-likeness (QED) is 0.778. The van der Waals surface area contributed by atoms with Gasteiger partial charge in [0.05, 0.1) is 5.33 Å². The first-order chi connectivity index (χ1) is 9.51. The van der Waals surface area contributed by atoms with Gasteiger partial charge in [-0.25, -0.2) is 0 Å². The minimum absolute atomic E-state index is 0.256. The van der Waals surface area contributed by atoms with Crippen LogP contribution < -0.4 is 0 Å². The SMILES string of the molecule is FC(F)(F)COCc1nnc(CBr)n1-c1ccccc1. The van der Waals surface area contributed by atoms with Gasteiger partial charge in [-0.2, -0.15) is 13.2 Å². The Bertz CT molecular complexity index is 557. The molecular weight excluding hydrogens is 339 g/mol. The maximum Gasteiger partial charge on any atom is 0.411 e. The van der Waals surface area contributed by atoms with Crippen LogP contribution in [0.15, 0.2) is 30.3 Å². The zero-order valence-corrected chi connectivity index (χ0v) is 11.9. The number of aromatic nitrogens is 3. The molecule has 8 heteroatoms. The molecule has 0 aliphatic rings. The maximum atomic E-state index is 12.1. The molecule has 0 aliphatic heterocycles. The van der Waals surface area contributed by atoms with Crippen LogP contribution in [0.4, 0.5) is 13.2 Å². The second-order valence-electron chi connectivity index (χ2n) is 3.95. The zero-order valence-electron chi connectivity index (χ0n) is 10.3. The highest BCUT2D eigenvalue weighted by atomic mass is 79.9. The molecule has 4 nitrogen and oxygen atoms in total. The van der Waals surface area contributed by atoms with E-state index >= 15 is 0 Å². The van der Waals surface area contributed by atoms with Crippen molar-refractivity contribution in [2.24, 2.45) is 0 Å². The van der Waals surface area contributed by atoms with E-state index in [0.717, 1.165) is 5.69 Å². The van der Waals surface area contributed by atoms with E-state index in [2.05, 4.69) is 30.9 Å². The summed E-state index contributed by atoms with van der Waals surface area (Å²) >= 11 is 3.27. The van der Waals surface area contributed by atoms with E-state index in [1.54, 1.807) is 4.57 Å². The molecule has 20 heavy (non-hydrogen) atoms. The predicted molar refractivity (Wildman–Crippen MR) is 69.7 cm³/mol. The van der Waals surface area contributed by atoms with Crippen molar-refractivity contribution in [2.45, 2.75) is 18.1 Å². The highest BCUT2D eigenvalue weighted by Crippen LogP contribution is 2.18. The molecule has 0 aliphatic carbocycles. The summed E-state index contributed by atoms with van der Waals surface area (Å²) in [6, 6.07) is 9.15. The number of hydrogen-bond acceptors (Lipinski definition) is 3. The molecule has 2 aromatic rings. The summed E-state index contributed by atoms with van der Waals surface area (Å²) in [5.41, 5.74) is 0.776. The van der Waals surface area contributed by atoms with Crippen molar-refractivity contribution in [3.8, 4) is 5.69 Å². The lowest BCUT2D eigenvalue weighted by molar-refractivity contribution is -0.177. The molecule has 0 amide bonds. The topological polar surface area (TPSA) is 39.9 Å². The molecule has 1 heterocycles. The van der Waals surface area contributed by atoms with Crippen LogP contribution in [-0.2, 0) is 16.7 Å².